The largest absolute Gasteiger partial charge is 0.573 e. The van der Waals surface area contributed by atoms with Crippen LogP contribution in [0.3, 0.4) is 0 Å². The number of aromatic nitrogens is 2. The Kier molecular flexibility index (Phi) is 4.02. The van der Waals surface area contributed by atoms with Crippen LogP contribution in [0.25, 0.3) is 11.4 Å². The highest BCUT2D eigenvalue weighted by molar-refractivity contribution is 5.60. The molecule has 1 N–H and O–H groups in total. The Morgan fingerprint density at radius 2 is 1.67 bits per heavy atom. The number of halogens is 3. The molecule has 0 aliphatic rings. The molecule has 2 aromatic rings. The monoisotopic (exact) mass is 297 g/mol. The van der Waals surface area contributed by atoms with Crippen LogP contribution in [0.2, 0.25) is 0 Å². The predicted octanol–water partition coefficient (Wildman–Crippen LogP) is 3.70. The molecule has 4 nitrogen and oxygen atoms in total. The third kappa shape index (κ3) is 3.62. The van der Waals surface area contributed by atoms with Crippen molar-refractivity contribution in [1.82, 2.24) is 9.97 Å². The zero-order valence-corrected chi connectivity index (χ0v) is 11.7. The van der Waals surface area contributed by atoms with E-state index in [0.717, 1.165) is 11.3 Å². The second kappa shape index (κ2) is 5.59. The summed E-state index contributed by atoms with van der Waals surface area (Å²) in [6, 6.07) is 5.45. The molecule has 0 bridgehead atoms. The van der Waals surface area contributed by atoms with Gasteiger partial charge in [0.05, 0.1) is 0 Å². The van der Waals surface area contributed by atoms with E-state index in [1.54, 1.807) is 7.05 Å². The second-order valence-electron chi connectivity index (χ2n) is 4.43. The number of alkyl halides is 3. The van der Waals surface area contributed by atoms with Crippen LogP contribution in [0.1, 0.15) is 11.3 Å². The van der Waals surface area contributed by atoms with Crippen LogP contribution in [0, 0.1) is 13.8 Å². The van der Waals surface area contributed by atoms with Crippen molar-refractivity contribution < 1.29 is 17.9 Å². The van der Waals surface area contributed by atoms with Crippen LogP contribution in [0.5, 0.6) is 5.75 Å². The van der Waals surface area contributed by atoms with Gasteiger partial charge in [0, 0.05) is 23.9 Å². The normalized spacial score (nSPS) is 11.3. The SMILES string of the molecule is CNc1nc(-c2ccc(OC(F)(F)F)cc2)nc(C)c1C. The summed E-state index contributed by atoms with van der Waals surface area (Å²) in [5.74, 6) is 0.859. The minimum atomic E-state index is -4.70. The van der Waals surface area contributed by atoms with Gasteiger partial charge in [0.25, 0.3) is 0 Å². The average molecular weight is 297 g/mol. The Hall–Kier alpha value is -2.31. The van der Waals surface area contributed by atoms with E-state index in [9.17, 15) is 13.2 Å². The van der Waals surface area contributed by atoms with Gasteiger partial charge in [-0.2, -0.15) is 0 Å². The highest BCUT2D eigenvalue weighted by atomic mass is 19.4. The molecule has 1 aromatic carbocycles. The molecule has 0 unspecified atom stereocenters. The smallest absolute Gasteiger partial charge is 0.406 e. The van der Waals surface area contributed by atoms with Gasteiger partial charge in [-0.25, -0.2) is 9.97 Å². The Morgan fingerprint density at radius 1 is 1.05 bits per heavy atom. The number of ether oxygens (including phenoxy) is 1. The molecule has 1 heterocycles. The van der Waals surface area contributed by atoms with Gasteiger partial charge in [0.1, 0.15) is 11.6 Å². The maximum atomic E-state index is 12.1. The average Bonchev–Trinajstić information content (AvgIpc) is 2.41. The lowest BCUT2D eigenvalue weighted by Gasteiger charge is -2.11. The Labute approximate surface area is 120 Å². The molecule has 1 aromatic heterocycles. The number of benzene rings is 1. The van der Waals surface area contributed by atoms with Crippen LogP contribution >= 0.6 is 0 Å². The summed E-state index contributed by atoms with van der Waals surface area (Å²) in [6.45, 7) is 3.74. The molecule has 21 heavy (non-hydrogen) atoms. The van der Waals surface area contributed by atoms with Gasteiger partial charge in [-0.05, 0) is 38.1 Å². The van der Waals surface area contributed by atoms with E-state index in [4.69, 9.17) is 0 Å². The lowest BCUT2D eigenvalue weighted by molar-refractivity contribution is -0.274. The molecule has 0 amide bonds. The first-order valence-electron chi connectivity index (χ1n) is 6.19. The molecule has 112 valence electrons. The third-order valence-electron chi connectivity index (χ3n) is 2.97. The number of nitrogens with one attached hydrogen (secondary N) is 1. The molecule has 0 fully saturated rings. The van der Waals surface area contributed by atoms with E-state index < -0.39 is 6.36 Å². The molecule has 0 saturated heterocycles. The fourth-order valence-electron chi connectivity index (χ4n) is 1.81. The molecule has 7 heteroatoms. The fourth-order valence-corrected chi connectivity index (χ4v) is 1.81. The van der Waals surface area contributed by atoms with Gasteiger partial charge < -0.3 is 10.1 Å². The highest BCUT2D eigenvalue weighted by Crippen LogP contribution is 2.26. The topological polar surface area (TPSA) is 47.0 Å². The van der Waals surface area contributed by atoms with Crippen LogP contribution in [0.15, 0.2) is 24.3 Å². The molecular formula is C14H14F3N3O. The highest BCUT2D eigenvalue weighted by Gasteiger charge is 2.31. The molecule has 0 spiro atoms. The second-order valence-corrected chi connectivity index (χ2v) is 4.43. The number of hydrogen-bond acceptors (Lipinski definition) is 4. The van der Waals surface area contributed by atoms with Crippen molar-refractivity contribution in [3.63, 3.8) is 0 Å². The predicted molar refractivity (Wildman–Crippen MR) is 73.2 cm³/mol. The molecule has 0 radical (unpaired) electrons. The van der Waals surface area contributed by atoms with Crippen LogP contribution < -0.4 is 10.1 Å². The van der Waals surface area contributed by atoms with E-state index in [2.05, 4.69) is 20.0 Å². The van der Waals surface area contributed by atoms with Crippen molar-refractivity contribution in [2.45, 2.75) is 20.2 Å². The number of rotatable bonds is 3. The minimum absolute atomic E-state index is 0.274. The summed E-state index contributed by atoms with van der Waals surface area (Å²) in [5, 5.41) is 2.96. The zero-order chi connectivity index (χ0) is 15.6. The summed E-state index contributed by atoms with van der Waals surface area (Å²) in [4.78, 5) is 8.68. The summed E-state index contributed by atoms with van der Waals surface area (Å²) < 4.78 is 40.1. The molecule has 0 saturated carbocycles. The number of anilines is 1. The van der Waals surface area contributed by atoms with E-state index in [0.29, 0.717) is 17.2 Å². The van der Waals surface area contributed by atoms with Crippen molar-refractivity contribution in [2.75, 3.05) is 12.4 Å². The van der Waals surface area contributed by atoms with Crippen molar-refractivity contribution in [1.29, 1.82) is 0 Å². The molecular weight excluding hydrogens is 283 g/mol. The zero-order valence-electron chi connectivity index (χ0n) is 11.7. The van der Waals surface area contributed by atoms with E-state index >= 15 is 0 Å². The molecule has 0 aliphatic heterocycles. The first-order valence-corrected chi connectivity index (χ1v) is 6.19. The minimum Gasteiger partial charge on any atom is -0.406 e. The van der Waals surface area contributed by atoms with Crippen LogP contribution in [-0.2, 0) is 0 Å². The Bertz CT molecular complexity index is 639. The first-order chi connectivity index (χ1) is 9.80. The maximum Gasteiger partial charge on any atom is 0.573 e. The van der Waals surface area contributed by atoms with Gasteiger partial charge in [0.15, 0.2) is 5.82 Å². The van der Waals surface area contributed by atoms with Gasteiger partial charge in [-0.3, -0.25) is 0 Å². The number of hydrogen-bond donors (Lipinski definition) is 1. The Morgan fingerprint density at radius 3 is 2.19 bits per heavy atom. The standard InChI is InChI=1S/C14H14F3N3O/c1-8-9(2)19-13(20-12(8)18-3)10-4-6-11(7-5-10)21-14(15,16)17/h4-7H,1-3H3,(H,18,19,20). The van der Waals surface area contributed by atoms with Gasteiger partial charge >= 0.3 is 6.36 Å². The van der Waals surface area contributed by atoms with E-state index in [1.165, 1.54) is 24.3 Å². The first kappa shape index (κ1) is 15.1. The molecule has 2 rings (SSSR count). The van der Waals surface area contributed by atoms with Crippen molar-refractivity contribution >= 4 is 5.82 Å². The quantitative estimate of drug-likeness (QED) is 0.938. The summed E-state index contributed by atoms with van der Waals surface area (Å²) in [6.07, 6.45) is -4.70. The van der Waals surface area contributed by atoms with Gasteiger partial charge in [-0.15, -0.1) is 13.2 Å². The van der Waals surface area contributed by atoms with Crippen LogP contribution in [-0.4, -0.2) is 23.4 Å². The van der Waals surface area contributed by atoms with E-state index in [-0.39, 0.29) is 5.75 Å². The summed E-state index contributed by atoms with van der Waals surface area (Å²) >= 11 is 0. The summed E-state index contributed by atoms with van der Waals surface area (Å²) in [7, 11) is 1.75. The van der Waals surface area contributed by atoms with E-state index in [1.807, 2.05) is 13.8 Å². The van der Waals surface area contributed by atoms with Crippen molar-refractivity contribution in [2.24, 2.45) is 0 Å². The Balaban J connectivity index is 2.33. The number of nitrogens with zero attached hydrogens (tertiary/aromatic N) is 2. The summed E-state index contributed by atoms with van der Waals surface area (Å²) in [5.41, 5.74) is 2.35. The van der Waals surface area contributed by atoms with Gasteiger partial charge in [0.2, 0.25) is 0 Å². The maximum absolute atomic E-state index is 12.1. The lowest BCUT2D eigenvalue weighted by atomic mass is 10.2. The molecule has 0 aliphatic carbocycles. The van der Waals surface area contributed by atoms with Crippen molar-refractivity contribution in [3.05, 3.63) is 35.5 Å². The third-order valence-corrected chi connectivity index (χ3v) is 2.97. The fraction of sp³-hybridized carbons (Fsp3) is 0.286. The molecule has 0 atom stereocenters. The lowest BCUT2D eigenvalue weighted by Crippen LogP contribution is -2.16. The number of aryl methyl sites for hydroxylation is 1. The van der Waals surface area contributed by atoms with Crippen molar-refractivity contribution in [3.8, 4) is 17.1 Å². The van der Waals surface area contributed by atoms with Gasteiger partial charge in [-0.1, -0.05) is 0 Å². The van der Waals surface area contributed by atoms with Crippen LogP contribution in [0.4, 0.5) is 19.0 Å².